The van der Waals surface area contributed by atoms with Gasteiger partial charge >= 0.3 is 0 Å². The number of unbranched alkanes of at least 4 members (excludes halogenated alkanes) is 1. The van der Waals surface area contributed by atoms with E-state index in [1.165, 1.54) is 44.9 Å². The van der Waals surface area contributed by atoms with Crippen molar-refractivity contribution in [2.24, 2.45) is 17.8 Å². The van der Waals surface area contributed by atoms with Crippen LogP contribution in [0.1, 0.15) is 90.9 Å². The highest BCUT2D eigenvalue weighted by Gasteiger charge is 2.37. The van der Waals surface area contributed by atoms with Gasteiger partial charge in [-0.25, -0.2) is 4.39 Å². The molecule has 2 aliphatic carbocycles. The zero-order valence-corrected chi connectivity index (χ0v) is 13.1. The van der Waals surface area contributed by atoms with E-state index in [2.05, 4.69) is 13.8 Å². The van der Waals surface area contributed by atoms with Crippen molar-refractivity contribution in [2.45, 2.75) is 96.6 Å². The summed E-state index contributed by atoms with van der Waals surface area (Å²) in [7, 11) is 0. The third kappa shape index (κ3) is 4.20. The van der Waals surface area contributed by atoms with Crippen LogP contribution in [-0.4, -0.2) is 5.67 Å². The van der Waals surface area contributed by atoms with Crippen molar-refractivity contribution in [3.8, 4) is 0 Å². The summed E-state index contributed by atoms with van der Waals surface area (Å²) in [6.45, 7) is 4.50. The van der Waals surface area contributed by atoms with E-state index < -0.39 is 5.67 Å². The molecular formula is C18H33F. The fraction of sp³-hybridized carbons (Fsp3) is 1.00. The summed E-state index contributed by atoms with van der Waals surface area (Å²) in [6, 6.07) is 0. The Morgan fingerprint density at radius 2 is 1.47 bits per heavy atom. The third-order valence-corrected chi connectivity index (χ3v) is 6.04. The van der Waals surface area contributed by atoms with Crippen molar-refractivity contribution in [1.82, 2.24) is 0 Å². The number of hydrogen-bond acceptors (Lipinski definition) is 0. The Morgan fingerprint density at radius 3 is 2.00 bits per heavy atom. The smallest absolute Gasteiger partial charge is 0.111 e. The van der Waals surface area contributed by atoms with Gasteiger partial charge < -0.3 is 0 Å². The molecule has 2 saturated carbocycles. The molecule has 0 heterocycles. The Bertz CT molecular complexity index is 244. The van der Waals surface area contributed by atoms with E-state index in [0.717, 1.165) is 49.9 Å². The average molecular weight is 268 g/mol. The molecule has 0 amide bonds. The van der Waals surface area contributed by atoms with Gasteiger partial charge in [-0.05, 0) is 62.7 Å². The second-order valence-electron chi connectivity index (χ2n) is 7.28. The van der Waals surface area contributed by atoms with Crippen molar-refractivity contribution in [3.05, 3.63) is 0 Å². The molecule has 0 aromatic heterocycles. The molecule has 2 fully saturated rings. The molecule has 0 saturated heterocycles. The zero-order valence-electron chi connectivity index (χ0n) is 13.1. The summed E-state index contributed by atoms with van der Waals surface area (Å²) < 4.78 is 14.6. The monoisotopic (exact) mass is 268 g/mol. The molecule has 2 aliphatic rings. The number of rotatable bonds is 5. The fourth-order valence-corrected chi connectivity index (χ4v) is 4.44. The zero-order chi connectivity index (χ0) is 13.7. The lowest BCUT2D eigenvalue weighted by molar-refractivity contribution is 0.0462. The lowest BCUT2D eigenvalue weighted by Gasteiger charge is -2.40. The minimum atomic E-state index is -0.798. The van der Waals surface area contributed by atoms with E-state index in [4.69, 9.17) is 0 Å². The Morgan fingerprint density at radius 1 is 0.895 bits per heavy atom. The maximum Gasteiger partial charge on any atom is 0.111 e. The van der Waals surface area contributed by atoms with E-state index in [1.807, 2.05) is 0 Å². The molecular weight excluding hydrogens is 235 g/mol. The average Bonchev–Trinajstić information content (AvgIpc) is 2.46. The molecule has 0 aromatic rings. The van der Waals surface area contributed by atoms with Gasteiger partial charge in [-0.2, -0.15) is 0 Å². The van der Waals surface area contributed by atoms with Gasteiger partial charge in [-0.15, -0.1) is 0 Å². The van der Waals surface area contributed by atoms with E-state index >= 15 is 0 Å². The van der Waals surface area contributed by atoms with Crippen molar-refractivity contribution < 1.29 is 4.39 Å². The Kier molecular flexibility index (Phi) is 5.71. The minimum absolute atomic E-state index is 0.798. The Labute approximate surface area is 119 Å². The molecule has 2 rings (SSSR count). The molecule has 0 N–H and O–H groups in total. The molecule has 112 valence electrons. The molecule has 0 radical (unpaired) electrons. The molecule has 0 aromatic carbocycles. The van der Waals surface area contributed by atoms with E-state index in [-0.39, 0.29) is 0 Å². The van der Waals surface area contributed by atoms with Crippen molar-refractivity contribution in [3.63, 3.8) is 0 Å². The summed E-state index contributed by atoms with van der Waals surface area (Å²) in [6.07, 6.45) is 14.2. The first-order chi connectivity index (χ1) is 9.17. The highest BCUT2D eigenvalue weighted by molar-refractivity contribution is 4.89. The number of hydrogen-bond donors (Lipinski definition) is 0. The lowest BCUT2D eigenvalue weighted by Crippen LogP contribution is -2.33. The maximum absolute atomic E-state index is 14.6. The first kappa shape index (κ1) is 15.3. The van der Waals surface area contributed by atoms with Gasteiger partial charge in [-0.3, -0.25) is 0 Å². The second-order valence-corrected chi connectivity index (χ2v) is 7.28. The van der Waals surface area contributed by atoms with Crippen molar-refractivity contribution in [1.29, 1.82) is 0 Å². The SMILES string of the molecule is CCCCC1(F)CCC(C2CCC(CC)CC2)CC1. The van der Waals surface area contributed by atoms with E-state index in [9.17, 15) is 4.39 Å². The number of halogens is 1. The van der Waals surface area contributed by atoms with Crippen LogP contribution in [0.4, 0.5) is 4.39 Å². The van der Waals surface area contributed by atoms with Gasteiger partial charge in [0, 0.05) is 0 Å². The van der Waals surface area contributed by atoms with Crippen molar-refractivity contribution >= 4 is 0 Å². The van der Waals surface area contributed by atoms with Crippen LogP contribution in [0, 0.1) is 17.8 Å². The molecule has 1 heteroatoms. The highest BCUT2D eigenvalue weighted by atomic mass is 19.1. The summed E-state index contributed by atoms with van der Waals surface area (Å²) in [4.78, 5) is 0. The predicted octanol–water partition coefficient (Wildman–Crippen LogP) is 6.29. The summed E-state index contributed by atoms with van der Waals surface area (Å²) in [5, 5.41) is 0. The lowest BCUT2D eigenvalue weighted by atomic mass is 9.67. The summed E-state index contributed by atoms with van der Waals surface area (Å²) in [5.74, 6) is 2.77. The van der Waals surface area contributed by atoms with Crippen molar-refractivity contribution in [2.75, 3.05) is 0 Å². The molecule has 0 spiro atoms. The van der Waals surface area contributed by atoms with E-state index in [0.29, 0.717) is 0 Å². The largest absolute Gasteiger partial charge is 0.244 e. The van der Waals surface area contributed by atoms with Crippen LogP contribution in [0.2, 0.25) is 0 Å². The second kappa shape index (κ2) is 7.09. The van der Waals surface area contributed by atoms with Gasteiger partial charge in [0.2, 0.25) is 0 Å². The van der Waals surface area contributed by atoms with Crippen LogP contribution >= 0.6 is 0 Å². The molecule has 0 atom stereocenters. The predicted molar refractivity (Wildman–Crippen MR) is 81.1 cm³/mol. The van der Waals surface area contributed by atoms with Crippen LogP contribution in [0.25, 0.3) is 0 Å². The van der Waals surface area contributed by atoms with E-state index in [1.54, 1.807) is 0 Å². The maximum atomic E-state index is 14.6. The van der Waals surface area contributed by atoms with Crippen LogP contribution < -0.4 is 0 Å². The standard InChI is InChI=1S/C18H33F/c1-3-5-12-18(19)13-10-17(11-14-18)16-8-6-15(4-2)7-9-16/h15-17H,3-14H2,1-2H3. The minimum Gasteiger partial charge on any atom is -0.244 e. The fourth-order valence-electron chi connectivity index (χ4n) is 4.44. The van der Waals surface area contributed by atoms with Gasteiger partial charge in [0.25, 0.3) is 0 Å². The third-order valence-electron chi connectivity index (χ3n) is 6.04. The first-order valence-electron chi connectivity index (χ1n) is 8.85. The van der Waals surface area contributed by atoms with Gasteiger partial charge in [0.15, 0.2) is 0 Å². The van der Waals surface area contributed by atoms with Gasteiger partial charge in [0.05, 0.1) is 0 Å². The van der Waals surface area contributed by atoms with Gasteiger partial charge in [-0.1, -0.05) is 46.0 Å². The van der Waals surface area contributed by atoms with Crippen LogP contribution in [0.3, 0.4) is 0 Å². The number of alkyl halides is 1. The summed E-state index contributed by atoms with van der Waals surface area (Å²) >= 11 is 0. The van der Waals surface area contributed by atoms with Crippen LogP contribution in [0.5, 0.6) is 0 Å². The molecule has 0 bridgehead atoms. The highest BCUT2D eigenvalue weighted by Crippen LogP contribution is 2.45. The summed E-state index contributed by atoms with van der Waals surface area (Å²) in [5.41, 5.74) is -0.798. The molecule has 19 heavy (non-hydrogen) atoms. The van der Waals surface area contributed by atoms with Gasteiger partial charge in [0.1, 0.15) is 5.67 Å². The first-order valence-corrected chi connectivity index (χ1v) is 8.85. The Balaban J connectivity index is 1.74. The topological polar surface area (TPSA) is 0 Å². The molecule has 0 unspecified atom stereocenters. The quantitative estimate of drug-likeness (QED) is 0.549. The Hall–Kier alpha value is -0.0700. The van der Waals surface area contributed by atoms with Crippen LogP contribution in [0.15, 0.2) is 0 Å². The molecule has 0 aliphatic heterocycles. The van der Waals surface area contributed by atoms with Crippen LogP contribution in [-0.2, 0) is 0 Å². The normalized spacial score (nSPS) is 40.3. The molecule has 0 nitrogen and oxygen atoms in total.